The van der Waals surface area contributed by atoms with Crippen LogP contribution < -0.4 is 15.4 Å². The predicted octanol–water partition coefficient (Wildman–Crippen LogP) is 1.40. The Hall–Kier alpha value is -2.04. The number of aryl methyl sites for hydroxylation is 1. The molecule has 1 aliphatic heterocycles. The van der Waals surface area contributed by atoms with Gasteiger partial charge in [0, 0.05) is 6.54 Å². The third kappa shape index (κ3) is 3.10. The van der Waals surface area contributed by atoms with Gasteiger partial charge in [-0.3, -0.25) is 9.59 Å². The number of rotatable bonds is 3. The van der Waals surface area contributed by atoms with E-state index in [0.29, 0.717) is 24.3 Å². The molecule has 20 heavy (non-hydrogen) atoms. The first-order chi connectivity index (χ1) is 9.63. The molecule has 1 atom stereocenters. The smallest absolute Gasteiger partial charge is 0.255 e. The largest absolute Gasteiger partial charge is 0.496 e. The minimum absolute atomic E-state index is 0.108. The average molecular weight is 276 g/mol. The molecule has 108 valence electrons. The molecule has 1 aliphatic rings. The quantitative estimate of drug-likeness (QED) is 0.877. The van der Waals surface area contributed by atoms with Crippen LogP contribution in [-0.4, -0.2) is 31.5 Å². The Morgan fingerprint density at radius 2 is 2.20 bits per heavy atom. The minimum atomic E-state index is -0.464. The number of amides is 2. The number of nitrogens with one attached hydrogen (secondary N) is 2. The first-order valence-corrected chi connectivity index (χ1v) is 6.85. The second kappa shape index (κ2) is 6.41. The Labute approximate surface area is 118 Å². The maximum atomic E-state index is 12.4. The summed E-state index contributed by atoms with van der Waals surface area (Å²) in [5, 5.41) is 5.62. The summed E-state index contributed by atoms with van der Waals surface area (Å²) in [6, 6.07) is 4.97. The van der Waals surface area contributed by atoms with Gasteiger partial charge in [-0.2, -0.15) is 0 Å². The maximum absolute atomic E-state index is 12.4. The SMILES string of the molecule is COc1cccc(C)c1C(=O)NC1CCCCNC1=O. The van der Waals surface area contributed by atoms with Gasteiger partial charge in [0.25, 0.3) is 5.91 Å². The Bertz CT molecular complexity index is 514. The van der Waals surface area contributed by atoms with E-state index in [-0.39, 0.29) is 11.8 Å². The van der Waals surface area contributed by atoms with Crippen LogP contribution in [-0.2, 0) is 4.79 Å². The maximum Gasteiger partial charge on any atom is 0.255 e. The number of carbonyl (C=O) groups excluding carboxylic acids is 2. The van der Waals surface area contributed by atoms with Gasteiger partial charge in [0.15, 0.2) is 0 Å². The molecule has 1 fully saturated rings. The molecule has 0 saturated carbocycles. The van der Waals surface area contributed by atoms with Crippen LogP contribution in [0.1, 0.15) is 35.2 Å². The molecular weight excluding hydrogens is 256 g/mol. The fourth-order valence-electron chi connectivity index (χ4n) is 2.41. The van der Waals surface area contributed by atoms with Crippen LogP contribution in [0.5, 0.6) is 5.75 Å². The zero-order valence-corrected chi connectivity index (χ0v) is 11.9. The fourth-order valence-corrected chi connectivity index (χ4v) is 2.41. The standard InChI is InChI=1S/C15H20N2O3/c1-10-6-5-8-12(20-2)13(10)15(19)17-11-7-3-4-9-16-14(11)18/h5-6,8,11H,3-4,7,9H2,1-2H3,(H,16,18)(H,17,19). The van der Waals surface area contributed by atoms with Crippen molar-refractivity contribution in [3.05, 3.63) is 29.3 Å². The Morgan fingerprint density at radius 1 is 1.40 bits per heavy atom. The number of methoxy groups -OCH3 is 1. The van der Waals surface area contributed by atoms with Gasteiger partial charge in [-0.25, -0.2) is 0 Å². The lowest BCUT2D eigenvalue weighted by Crippen LogP contribution is -2.45. The molecule has 1 aromatic rings. The molecule has 0 bridgehead atoms. The first kappa shape index (κ1) is 14.4. The zero-order valence-electron chi connectivity index (χ0n) is 11.9. The van der Waals surface area contributed by atoms with Crippen molar-refractivity contribution in [3.63, 3.8) is 0 Å². The van der Waals surface area contributed by atoms with Crippen LogP contribution >= 0.6 is 0 Å². The molecule has 1 aromatic carbocycles. The second-order valence-electron chi connectivity index (χ2n) is 4.97. The zero-order chi connectivity index (χ0) is 14.5. The number of carbonyl (C=O) groups is 2. The summed E-state index contributed by atoms with van der Waals surface area (Å²) in [5.74, 6) is 0.155. The number of benzene rings is 1. The lowest BCUT2D eigenvalue weighted by Gasteiger charge is -2.17. The van der Waals surface area contributed by atoms with Gasteiger partial charge in [-0.1, -0.05) is 12.1 Å². The topological polar surface area (TPSA) is 67.4 Å². The summed E-state index contributed by atoms with van der Waals surface area (Å²) in [6.07, 6.45) is 2.55. The highest BCUT2D eigenvalue weighted by molar-refractivity contribution is 6.00. The number of ether oxygens (including phenoxy) is 1. The summed E-state index contributed by atoms with van der Waals surface area (Å²) >= 11 is 0. The van der Waals surface area contributed by atoms with Crippen molar-refractivity contribution < 1.29 is 14.3 Å². The van der Waals surface area contributed by atoms with Crippen molar-refractivity contribution in [3.8, 4) is 5.75 Å². The van der Waals surface area contributed by atoms with Crippen LogP contribution in [0.25, 0.3) is 0 Å². The average Bonchev–Trinajstić information content (AvgIpc) is 2.63. The van der Waals surface area contributed by atoms with Crippen LogP contribution in [0.3, 0.4) is 0 Å². The highest BCUT2D eigenvalue weighted by atomic mass is 16.5. The summed E-state index contributed by atoms with van der Waals surface area (Å²) in [6.45, 7) is 2.53. The molecule has 5 nitrogen and oxygen atoms in total. The summed E-state index contributed by atoms with van der Waals surface area (Å²) in [7, 11) is 1.53. The van der Waals surface area contributed by atoms with Crippen LogP contribution in [0.2, 0.25) is 0 Å². The van der Waals surface area contributed by atoms with E-state index >= 15 is 0 Å². The molecule has 0 aromatic heterocycles. The van der Waals surface area contributed by atoms with Crippen LogP contribution in [0.15, 0.2) is 18.2 Å². The molecular formula is C15H20N2O3. The molecule has 2 rings (SSSR count). The Morgan fingerprint density at radius 3 is 2.95 bits per heavy atom. The van der Waals surface area contributed by atoms with Crippen molar-refractivity contribution in [1.29, 1.82) is 0 Å². The van der Waals surface area contributed by atoms with E-state index in [4.69, 9.17) is 4.74 Å². The normalized spacial score (nSPS) is 18.9. The van der Waals surface area contributed by atoms with E-state index in [1.807, 2.05) is 19.1 Å². The number of hydrogen-bond acceptors (Lipinski definition) is 3. The van der Waals surface area contributed by atoms with Crippen molar-refractivity contribution in [2.24, 2.45) is 0 Å². The molecule has 2 N–H and O–H groups in total. The third-order valence-corrected chi connectivity index (χ3v) is 3.52. The lowest BCUT2D eigenvalue weighted by atomic mass is 10.1. The fraction of sp³-hybridized carbons (Fsp3) is 0.467. The monoisotopic (exact) mass is 276 g/mol. The Balaban J connectivity index is 2.17. The van der Waals surface area contributed by atoms with Gasteiger partial charge in [0.05, 0.1) is 12.7 Å². The van der Waals surface area contributed by atoms with Gasteiger partial charge in [0.1, 0.15) is 11.8 Å². The second-order valence-corrected chi connectivity index (χ2v) is 4.97. The van der Waals surface area contributed by atoms with Crippen molar-refractivity contribution >= 4 is 11.8 Å². The van der Waals surface area contributed by atoms with E-state index in [9.17, 15) is 9.59 Å². The molecule has 0 aliphatic carbocycles. The van der Waals surface area contributed by atoms with Crippen molar-refractivity contribution in [1.82, 2.24) is 10.6 Å². The van der Waals surface area contributed by atoms with Crippen LogP contribution in [0.4, 0.5) is 0 Å². The van der Waals surface area contributed by atoms with Gasteiger partial charge in [-0.05, 0) is 37.8 Å². The van der Waals surface area contributed by atoms with Crippen molar-refractivity contribution in [2.45, 2.75) is 32.2 Å². The third-order valence-electron chi connectivity index (χ3n) is 3.52. The minimum Gasteiger partial charge on any atom is -0.496 e. The van der Waals surface area contributed by atoms with Crippen LogP contribution in [0, 0.1) is 6.92 Å². The molecule has 1 unspecified atom stereocenters. The molecule has 1 saturated heterocycles. The molecule has 1 heterocycles. The lowest BCUT2D eigenvalue weighted by molar-refractivity contribution is -0.122. The molecule has 0 spiro atoms. The van der Waals surface area contributed by atoms with E-state index in [1.165, 1.54) is 7.11 Å². The van der Waals surface area contributed by atoms with Gasteiger partial charge in [-0.15, -0.1) is 0 Å². The highest BCUT2D eigenvalue weighted by Gasteiger charge is 2.24. The Kier molecular flexibility index (Phi) is 4.61. The van der Waals surface area contributed by atoms with Gasteiger partial charge < -0.3 is 15.4 Å². The first-order valence-electron chi connectivity index (χ1n) is 6.85. The van der Waals surface area contributed by atoms with Crippen molar-refractivity contribution in [2.75, 3.05) is 13.7 Å². The molecule has 5 heteroatoms. The summed E-state index contributed by atoms with van der Waals surface area (Å²) in [5.41, 5.74) is 1.32. The predicted molar refractivity (Wildman–Crippen MR) is 75.8 cm³/mol. The van der Waals surface area contributed by atoms with Gasteiger partial charge in [0.2, 0.25) is 5.91 Å². The molecule has 0 radical (unpaired) electrons. The highest BCUT2D eigenvalue weighted by Crippen LogP contribution is 2.22. The molecule has 2 amide bonds. The van der Waals surface area contributed by atoms with Gasteiger partial charge >= 0.3 is 0 Å². The van der Waals surface area contributed by atoms with E-state index in [2.05, 4.69) is 10.6 Å². The van der Waals surface area contributed by atoms with E-state index < -0.39 is 6.04 Å². The summed E-state index contributed by atoms with van der Waals surface area (Å²) in [4.78, 5) is 24.3. The van der Waals surface area contributed by atoms with E-state index in [0.717, 1.165) is 18.4 Å². The summed E-state index contributed by atoms with van der Waals surface area (Å²) < 4.78 is 5.23. The number of hydrogen-bond donors (Lipinski definition) is 2. The van der Waals surface area contributed by atoms with E-state index in [1.54, 1.807) is 6.07 Å².